The Bertz CT molecular complexity index is 344. The van der Waals surface area contributed by atoms with Crippen LogP contribution in [-0.2, 0) is 14.4 Å². The van der Waals surface area contributed by atoms with Gasteiger partial charge in [0.25, 0.3) is 5.91 Å². The molecule has 2 atom stereocenters. The number of carbonyl (C=O) groups excluding carboxylic acids is 2. The summed E-state index contributed by atoms with van der Waals surface area (Å²) in [6.45, 7) is -0.280. The van der Waals surface area contributed by atoms with Gasteiger partial charge in [-0.25, -0.2) is 5.48 Å². The predicted octanol–water partition coefficient (Wildman–Crippen LogP) is -0.159. The number of likely N-dealkylation sites (N-methyl/N-ethyl adjacent to an activating group) is 1. The highest BCUT2D eigenvalue weighted by atomic mass is 16.5. The second-order valence-corrected chi connectivity index (χ2v) is 4.56. The number of carbonyl (C=O) groups is 3. The molecule has 3 N–H and O–H groups in total. The standard InChI is InChI=1S/C11H18N2O5/c1-13(6-9(14)12-18)10(15)7-4-2-3-5-8(7)11(16)17/h7-8,18H,2-6H2,1H3,(H,12,14)(H,16,17)/t7-,8+/m1/s1. The van der Waals surface area contributed by atoms with Crippen LogP contribution in [0.3, 0.4) is 0 Å². The van der Waals surface area contributed by atoms with Gasteiger partial charge < -0.3 is 10.0 Å². The molecule has 1 saturated carbocycles. The maximum Gasteiger partial charge on any atom is 0.307 e. The molecule has 0 saturated heterocycles. The minimum absolute atomic E-state index is 0.280. The average Bonchev–Trinajstić information content (AvgIpc) is 2.37. The van der Waals surface area contributed by atoms with E-state index in [1.807, 2.05) is 0 Å². The molecule has 0 aromatic heterocycles. The van der Waals surface area contributed by atoms with Crippen LogP contribution in [0.4, 0.5) is 0 Å². The number of nitrogens with one attached hydrogen (secondary N) is 1. The largest absolute Gasteiger partial charge is 0.481 e. The van der Waals surface area contributed by atoms with Gasteiger partial charge in [-0.1, -0.05) is 12.8 Å². The van der Waals surface area contributed by atoms with Gasteiger partial charge in [-0.15, -0.1) is 0 Å². The summed E-state index contributed by atoms with van der Waals surface area (Å²) in [6, 6.07) is 0. The predicted molar refractivity (Wildman–Crippen MR) is 60.7 cm³/mol. The summed E-state index contributed by atoms with van der Waals surface area (Å²) < 4.78 is 0. The van der Waals surface area contributed by atoms with Crippen LogP contribution in [0.1, 0.15) is 25.7 Å². The summed E-state index contributed by atoms with van der Waals surface area (Å²) in [6.07, 6.45) is 2.65. The highest BCUT2D eigenvalue weighted by Gasteiger charge is 2.37. The molecule has 0 unspecified atom stereocenters. The van der Waals surface area contributed by atoms with E-state index in [0.717, 1.165) is 17.7 Å². The maximum absolute atomic E-state index is 12.1. The van der Waals surface area contributed by atoms with Gasteiger partial charge in [-0.05, 0) is 12.8 Å². The van der Waals surface area contributed by atoms with Crippen LogP contribution in [-0.4, -0.2) is 46.6 Å². The third kappa shape index (κ3) is 3.43. The van der Waals surface area contributed by atoms with Crippen LogP contribution in [0.15, 0.2) is 0 Å². The average molecular weight is 258 g/mol. The van der Waals surface area contributed by atoms with Crippen LogP contribution in [0.5, 0.6) is 0 Å². The number of carboxylic acids is 1. The fourth-order valence-corrected chi connectivity index (χ4v) is 2.33. The fraction of sp³-hybridized carbons (Fsp3) is 0.727. The van der Waals surface area contributed by atoms with Gasteiger partial charge >= 0.3 is 5.97 Å². The molecule has 0 aliphatic heterocycles. The molecule has 7 heteroatoms. The van der Waals surface area contributed by atoms with Crippen molar-refractivity contribution in [2.24, 2.45) is 11.8 Å². The van der Waals surface area contributed by atoms with Gasteiger partial charge in [0.15, 0.2) is 0 Å². The van der Waals surface area contributed by atoms with Crippen LogP contribution in [0, 0.1) is 11.8 Å². The Kier molecular flexibility index (Phi) is 5.08. The van der Waals surface area contributed by atoms with Crippen LogP contribution in [0.25, 0.3) is 0 Å². The van der Waals surface area contributed by atoms with Crippen molar-refractivity contribution in [3.63, 3.8) is 0 Å². The zero-order valence-corrected chi connectivity index (χ0v) is 10.3. The number of carboxylic acid groups (broad SMARTS) is 1. The lowest BCUT2D eigenvalue weighted by Gasteiger charge is -2.30. The van der Waals surface area contributed by atoms with Crippen molar-refractivity contribution in [2.45, 2.75) is 25.7 Å². The smallest absolute Gasteiger partial charge is 0.307 e. The monoisotopic (exact) mass is 258 g/mol. The first-order valence-corrected chi connectivity index (χ1v) is 5.88. The lowest BCUT2D eigenvalue weighted by atomic mass is 9.78. The van der Waals surface area contributed by atoms with E-state index in [2.05, 4.69) is 0 Å². The van der Waals surface area contributed by atoms with Crippen molar-refractivity contribution in [3.8, 4) is 0 Å². The number of hydrogen-bond acceptors (Lipinski definition) is 4. The first-order valence-electron chi connectivity index (χ1n) is 5.88. The summed E-state index contributed by atoms with van der Waals surface area (Å²) in [7, 11) is 1.42. The topological polar surface area (TPSA) is 107 Å². The van der Waals surface area contributed by atoms with E-state index < -0.39 is 23.7 Å². The molecule has 0 aromatic rings. The van der Waals surface area contributed by atoms with E-state index >= 15 is 0 Å². The van der Waals surface area contributed by atoms with Gasteiger partial charge in [-0.2, -0.15) is 0 Å². The lowest BCUT2D eigenvalue weighted by Crippen LogP contribution is -2.44. The minimum Gasteiger partial charge on any atom is -0.481 e. The van der Waals surface area contributed by atoms with Crippen molar-refractivity contribution < 1.29 is 24.7 Å². The van der Waals surface area contributed by atoms with E-state index in [1.165, 1.54) is 12.5 Å². The zero-order chi connectivity index (χ0) is 13.7. The Balaban J connectivity index is 2.68. The quantitative estimate of drug-likeness (QED) is 0.480. The number of aliphatic carboxylic acids is 1. The second kappa shape index (κ2) is 6.34. The van der Waals surface area contributed by atoms with E-state index in [9.17, 15) is 14.4 Å². The van der Waals surface area contributed by atoms with Gasteiger partial charge in [0, 0.05) is 7.05 Å². The number of nitrogens with zero attached hydrogens (tertiary/aromatic N) is 1. The summed E-state index contributed by atoms with van der Waals surface area (Å²) in [5, 5.41) is 17.5. The van der Waals surface area contributed by atoms with Crippen LogP contribution < -0.4 is 5.48 Å². The third-order valence-electron chi connectivity index (χ3n) is 3.28. The molecule has 1 aliphatic rings. The number of rotatable bonds is 4. The highest BCUT2D eigenvalue weighted by Crippen LogP contribution is 2.31. The van der Waals surface area contributed by atoms with Gasteiger partial charge in [-0.3, -0.25) is 19.6 Å². The molecule has 0 radical (unpaired) electrons. The molecule has 1 aliphatic carbocycles. The Labute approximate surface area is 105 Å². The van der Waals surface area contributed by atoms with Crippen LogP contribution >= 0.6 is 0 Å². The van der Waals surface area contributed by atoms with Crippen LogP contribution in [0.2, 0.25) is 0 Å². The molecule has 0 bridgehead atoms. The molecule has 0 aromatic carbocycles. The van der Waals surface area contributed by atoms with Gasteiger partial charge in [0.1, 0.15) is 6.54 Å². The first-order chi connectivity index (χ1) is 8.47. The summed E-state index contributed by atoms with van der Waals surface area (Å²) in [5.41, 5.74) is 1.44. The molecule has 2 amide bonds. The minimum atomic E-state index is -0.965. The maximum atomic E-state index is 12.1. The molecular formula is C11H18N2O5. The molecular weight excluding hydrogens is 240 g/mol. The van der Waals surface area contributed by atoms with Crippen molar-refractivity contribution in [2.75, 3.05) is 13.6 Å². The summed E-state index contributed by atoms with van der Waals surface area (Å²) >= 11 is 0. The lowest BCUT2D eigenvalue weighted by molar-refractivity contribution is -0.152. The Hall–Kier alpha value is -1.63. The first kappa shape index (κ1) is 14.4. The van der Waals surface area contributed by atoms with E-state index in [1.54, 1.807) is 0 Å². The molecule has 18 heavy (non-hydrogen) atoms. The second-order valence-electron chi connectivity index (χ2n) is 4.56. The number of amides is 2. The molecule has 0 spiro atoms. The molecule has 7 nitrogen and oxygen atoms in total. The van der Waals surface area contributed by atoms with Crippen molar-refractivity contribution >= 4 is 17.8 Å². The van der Waals surface area contributed by atoms with Gasteiger partial charge in [0.05, 0.1) is 11.8 Å². The van der Waals surface area contributed by atoms with Crippen molar-refractivity contribution in [1.82, 2.24) is 10.4 Å². The Morgan fingerprint density at radius 2 is 1.78 bits per heavy atom. The number of hydroxylamine groups is 1. The summed E-state index contributed by atoms with van der Waals surface area (Å²) in [4.78, 5) is 35.2. The number of hydrogen-bond donors (Lipinski definition) is 3. The fourth-order valence-electron chi connectivity index (χ4n) is 2.33. The SMILES string of the molecule is CN(CC(=O)NO)C(=O)[C@@H]1CCCC[C@@H]1C(=O)O. The third-order valence-corrected chi connectivity index (χ3v) is 3.28. The molecule has 1 fully saturated rings. The van der Waals surface area contributed by atoms with E-state index in [-0.39, 0.29) is 12.5 Å². The van der Waals surface area contributed by atoms with Crippen molar-refractivity contribution in [1.29, 1.82) is 0 Å². The summed E-state index contributed by atoms with van der Waals surface area (Å²) in [5.74, 6) is -3.27. The van der Waals surface area contributed by atoms with Crippen molar-refractivity contribution in [3.05, 3.63) is 0 Å². The van der Waals surface area contributed by atoms with E-state index in [0.29, 0.717) is 12.8 Å². The highest BCUT2D eigenvalue weighted by molar-refractivity contribution is 5.88. The zero-order valence-electron chi connectivity index (χ0n) is 10.3. The van der Waals surface area contributed by atoms with E-state index in [4.69, 9.17) is 10.3 Å². The molecule has 1 rings (SSSR count). The van der Waals surface area contributed by atoms with Gasteiger partial charge in [0.2, 0.25) is 5.91 Å². The Morgan fingerprint density at radius 3 is 2.28 bits per heavy atom. The molecule has 0 heterocycles. The normalized spacial score (nSPS) is 23.2. The molecule has 102 valence electrons. The Morgan fingerprint density at radius 1 is 1.22 bits per heavy atom.